The van der Waals surface area contributed by atoms with Gasteiger partial charge in [0.05, 0.1) is 12.2 Å². The van der Waals surface area contributed by atoms with Gasteiger partial charge in [-0.25, -0.2) is 0 Å². The molecule has 0 spiro atoms. The number of nitrogens with one attached hydrogen (secondary N) is 1. The van der Waals surface area contributed by atoms with Gasteiger partial charge >= 0.3 is 0 Å². The van der Waals surface area contributed by atoms with Crippen LogP contribution in [-0.2, 0) is 0 Å². The molecule has 1 saturated carbocycles. The fourth-order valence-electron chi connectivity index (χ4n) is 3.06. The first-order valence-corrected chi connectivity index (χ1v) is 7.42. The van der Waals surface area contributed by atoms with Crippen molar-refractivity contribution in [2.45, 2.75) is 78.0 Å². The van der Waals surface area contributed by atoms with Crippen molar-refractivity contribution in [2.75, 3.05) is 6.54 Å². The van der Waals surface area contributed by atoms with E-state index in [1.165, 1.54) is 19.3 Å². The molecular formula is C15H31NO2. The second kappa shape index (κ2) is 6.88. The van der Waals surface area contributed by atoms with Crippen LogP contribution in [0, 0.1) is 11.3 Å². The van der Waals surface area contributed by atoms with Gasteiger partial charge in [0.2, 0.25) is 0 Å². The predicted molar refractivity (Wildman–Crippen MR) is 75.5 cm³/mol. The summed E-state index contributed by atoms with van der Waals surface area (Å²) in [5, 5.41) is 22.0. The highest BCUT2D eigenvalue weighted by Gasteiger charge is 2.34. The Kier molecular flexibility index (Phi) is 6.09. The quantitative estimate of drug-likeness (QED) is 0.624. The molecule has 18 heavy (non-hydrogen) atoms. The molecule has 108 valence electrons. The lowest BCUT2D eigenvalue weighted by Crippen LogP contribution is -2.38. The maximum Gasteiger partial charge on any atom is 0.0616 e. The number of hydrogen-bond donors (Lipinski definition) is 3. The largest absolute Gasteiger partial charge is 0.393 e. The Morgan fingerprint density at radius 1 is 1.11 bits per heavy atom. The van der Waals surface area contributed by atoms with E-state index in [1.54, 1.807) is 0 Å². The molecular weight excluding hydrogens is 226 g/mol. The summed E-state index contributed by atoms with van der Waals surface area (Å²) in [6.07, 6.45) is 5.37. The fraction of sp³-hybridized carbons (Fsp3) is 1.00. The number of aliphatic hydroxyl groups is 2. The minimum absolute atomic E-state index is 0.0498. The molecule has 1 aliphatic carbocycles. The summed E-state index contributed by atoms with van der Waals surface area (Å²) in [4.78, 5) is 0. The van der Waals surface area contributed by atoms with Crippen LogP contribution in [0.5, 0.6) is 0 Å². The first-order valence-electron chi connectivity index (χ1n) is 7.42. The molecule has 3 N–H and O–H groups in total. The summed E-state index contributed by atoms with van der Waals surface area (Å²) in [5.41, 5.74) is 0.164. The van der Waals surface area contributed by atoms with Crippen LogP contribution >= 0.6 is 0 Å². The zero-order chi connectivity index (χ0) is 13.8. The van der Waals surface area contributed by atoms with Crippen molar-refractivity contribution in [3.8, 4) is 0 Å². The van der Waals surface area contributed by atoms with Gasteiger partial charge in [-0.05, 0) is 50.5 Å². The van der Waals surface area contributed by atoms with Gasteiger partial charge in [0.1, 0.15) is 0 Å². The van der Waals surface area contributed by atoms with E-state index in [0.29, 0.717) is 12.0 Å². The van der Waals surface area contributed by atoms with Crippen LogP contribution in [0.3, 0.4) is 0 Å². The average molecular weight is 257 g/mol. The third kappa shape index (κ3) is 4.87. The molecule has 1 saturated heterocycles. The van der Waals surface area contributed by atoms with Crippen molar-refractivity contribution in [2.24, 2.45) is 11.3 Å². The van der Waals surface area contributed by atoms with Crippen molar-refractivity contribution in [1.82, 2.24) is 5.32 Å². The topological polar surface area (TPSA) is 52.5 Å². The highest BCUT2D eigenvalue weighted by molar-refractivity contribution is 4.85. The molecule has 0 aromatic heterocycles. The van der Waals surface area contributed by atoms with Crippen LogP contribution in [0.1, 0.15) is 59.8 Å². The Morgan fingerprint density at radius 2 is 1.78 bits per heavy atom. The fourth-order valence-corrected chi connectivity index (χ4v) is 3.06. The third-order valence-electron chi connectivity index (χ3n) is 4.42. The third-order valence-corrected chi connectivity index (χ3v) is 4.42. The lowest BCUT2D eigenvalue weighted by atomic mass is 9.70. The Hall–Kier alpha value is -0.120. The standard InChI is InChI=1S/C9H18O.C6H13NO/c1-7-5-4-6-9(2,3)8(7)10;1-5-4-6(8)2-3-7-5/h7-8,10H,4-6H2,1-3H3;5-8H,2-4H2,1H3. The van der Waals surface area contributed by atoms with Crippen molar-refractivity contribution >= 4 is 0 Å². The van der Waals surface area contributed by atoms with E-state index in [9.17, 15) is 5.11 Å². The van der Waals surface area contributed by atoms with E-state index < -0.39 is 0 Å². The van der Waals surface area contributed by atoms with Crippen LogP contribution < -0.4 is 5.32 Å². The zero-order valence-electron chi connectivity index (χ0n) is 12.4. The van der Waals surface area contributed by atoms with Gasteiger partial charge in [-0.1, -0.05) is 27.2 Å². The summed E-state index contributed by atoms with van der Waals surface area (Å²) in [6.45, 7) is 9.54. The summed E-state index contributed by atoms with van der Waals surface area (Å²) in [5.74, 6) is 0.503. The Morgan fingerprint density at radius 3 is 2.17 bits per heavy atom. The average Bonchev–Trinajstić information content (AvgIpc) is 2.26. The van der Waals surface area contributed by atoms with Crippen LogP contribution in [0.25, 0.3) is 0 Å². The zero-order valence-corrected chi connectivity index (χ0v) is 12.4. The molecule has 2 fully saturated rings. The number of rotatable bonds is 0. The van der Waals surface area contributed by atoms with Crippen molar-refractivity contribution in [3.63, 3.8) is 0 Å². The lowest BCUT2D eigenvalue weighted by molar-refractivity contribution is -0.0254. The Balaban J connectivity index is 0.000000184. The number of aliphatic hydroxyl groups excluding tert-OH is 2. The minimum atomic E-state index is -0.0822. The SMILES string of the molecule is CC1CC(O)CCN1.CC1CCCC(C)(C)C1O. The summed E-state index contributed by atoms with van der Waals surface area (Å²) >= 11 is 0. The maximum absolute atomic E-state index is 9.71. The second-order valence-corrected chi connectivity index (χ2v) is 6.84. The van der Waals surface area contributed by atoms with E-state index >= 15 is 0 Å². The lowest BCUT2D eigenvalue weighted by Gasteiger charge is -2.39. The molecule has 4 atom stereocenters. The van der Waals surface area contributed by atoms with Gasteiger partial charge in [0.15, 0.2) is 0 Å². The van der Waals surface area contributed by atoms with Crippen molar-refractivity contribution < 1.29 is 10.2 Å². The molecule has 1 aliphatic heterocycles. The van der Waals surface area contributed by atoms with E-state index in [0.717, 1.165) is 19.4 Å². The smallest absolute Gasteiger partial charge is 0.0616 e. The van der Waals surface area contributed by atoms with Crippen LogP contribution in [0.15, 0.2) is 0 Å². The first-order chi connectivity index (χ1) is 8.33. The molecule has 0 bridgehead atoms. The molecule has 1 heterocycles. The minimum Gasteiger partial charge on any atom is -0.393 e. The molecule has 3 heteroatoms. The van der Waals surface area contributed by atoms with E-state index in [4.69, 9.17) is 5.11 Å². The second-order valence-electron chi connectivity index (χ2n) is 6.84. The molecule has 2 rings (SSSR count). The highest BCUT2D eigenvalue weighted by atomic mass is 16.3. The van der Waals surface area contributed by atoms with Gasteiger partial charge in [-0.15, -0.1) is 0 Å². The highest BCUT2D eigenvalue weighted by Crippen LogP contribution is 2.38. The number of hydrogen-bond acceptors (Lipinski definition) is 3. The van der Waals surface area contributed by atoms with Crippen molar-refractivity contribution in [3.05, 3.63) is 0 Å². The van der Waals surface area contributed by atoms with Gasteiger partial charge in [0, 0.05) is 6.04 Å². The molecule has 0 aromatic rings. The van der Waals surface area contributed by atoms with Gasteiger partial charge in [-0.2, -0.15) is 0 Å². The molecule has 4 unspecified atom stereocenters. The van der Waals surface area contributed by atoms with Crippen LogP contribution in [-0.4, -0.2) is 35.0 Å². The predicted octanol–water partition coefficient (Wildman–Crippen LogP) is 2.31. The Labute approximate surface area is 112 Å². The maximum atomic E-state index is 9.71. The van der Waals surface area contributed by atoms with E-state index in [2.05, 4.69) is 33.0 Å². The molecule has 3 nitrogen and oxygen atoms in total. The van der Waals surface area contributed by atoms with E-state index in [1.807, 2.05) is 0 Å². The molecule has 0 radical (unpaired) electrons. The van der Waals surface area contributed by atoms with Crippen LogP contribution in [0.4, 0.5) is 0 Å². The van der Waals surface area contributed by atoms with Gasteiger partial charge in [0.25, 0.3) is 0 Å². The monoisotopic (exact) mass is 257 g/mol. The van der Waals surface area contributed by atoms with Gasteiger partial charge in [-0.3, -0.25) is 0 Å². The summed E-state index contributed by atoms with van der Waals surface area (Å²) in [6, 6.07) is 0.513. The first kappa shape index (κ1) is 15.9. The molecule has 0 amide bonds. The number of piperidine rings is 1. The summed E-state index contributed by atoms with van der Waals surface area (Å²) < 4.78 is 0. The van der Waals surface area contributed by atoms with Gasteiger partial charge < -0.3 is 15.5 Å². The normalized spacial score (nSPS) is 39.7. The van der Waals surface area contributed by atoms with Crippen molar-refractivity contribution in [1.29, 1.82) is 0 Å². The molecule has 0 aromatic carbocycles. The molecule has 2 aliphatic rings. The summed E-state index contributed by atoms with van der Waals surface area (Å²) in [7, 11) is 0. The van der Waals surface area contributed by atoms with E-state index in [-0.39, 0.29) is 17.6 Å². The Bertz CT molecular complexity index is 235. The van der Waals surface area contributed by atoms with Crippen LogP contribution in [0.2, 0.25) is 0 Å².